The van der Waals surface area contributed by atoms with E-state index in [-0.39, 0.29) is 17.1 Å². The van der Waals surface area contributed by atoms with Crippen molar-refractivity contribution in [2.45, 2.75) is 34.7 Å². The largest absolute Gasteiger partial charge is 0.508 e. The Morgan fingerprint density at radius 1 is 1.25 bits per heavy atom. The van der Waals surface area contributed by atoms with Crippen molar-refractivity contribution in [1.29, 1.82) is 0 Å². The van der Waals surface area contributed by atoms with E-state index in [1.165, 1.54) is 24.3 Å². The number of nitrogens with one attached hydrogen (secondary N) is 1. The number of halogens is 3. The maximum absolute atomic E-state index is 13.6. The Labute approximate surface area is 172 Å². The molecule has 1 fully saturated rings. The Morgan fingerprint density at radius 3 is 2.32 bits per heavy atom. The molecule has 1 aromatic carbocycles. The van der Waals surface area contributed by atoms with Gasteiger partial charge in [-0.15, -0.1) is 0 Å². The highest BCUT2D eigenvalue weighted by molar-refractivity contribution is 7.90. The second-order valence-electron chi connectivity index (χ2n) is 6.45. The number of benzene rings is 1. The van der Waals surface area contributed by atoms with Gasteiger partial charge in [0.15, 0.2) is 20.8 Å². The van der Waals surface area contributed by atoms with Crippen LogP contribution in [-0.4, -0.2) is 50.9 Å². The van der Waals surface area contributed by atoms with Crippen molar-refractivity contribution >= 4 is 45.1 Å². The van der Waals surface area contributed by atoms with Crippen molar-refractivity contribution in [2.24, 2.45) is 5.92 Å². The number of amides is 1. The van der Waals surface area contributed by atoms with E-state index >= 15 is 0 Å². The maximum atomic E-state index is 13.6. The number of hydrogen-bond donors (Lipinski definition) is 1. The van der Waals surface area contributed by atoms with Crippen LogP contribution in [0.3, 0.4) is 0 Å². The molecule has 0 spiro atoms. The molecular formula is C17H20Cl2FNO6S. The van der Waals surface area contributed by atoms with Crippen LogP contribution in [-0.2, 0) is 24.1 Å². The minimum Gasteiger partial charge on any atom is -0.434 e. The van der Waals surface area contributed by atoms with Gasteiger partial charge in [0.1, 0.15) is 6.67 Å². The first kappa shape index (κ1) is 22.7. The number of alkyl halides is 3. The smallest absolute Gasteiger partial charge is 0.434 e. The molecule has 156 valence electrons. The lowest BCUT2D eigenvalue weighted by Gasteiger charge is -2.26. The van der Waals surface area contributed by atoms with Crippen molar-refractivity contribution in [1.82, 2.24) is 5.32 Å². The standard InChI is InChI=1S/C17H20Cl2FNO6S/c1-28(24,25)12-6-4-11(5-7-12)14(13(8-20)21-16(22)15(18)19)27-17(23)26-9-10-2-3-10/h4-7,10,13-15H,2-3,8-9H2,1H3,(H,21,22)/t13-,14-/m1/s1. The van der Waals surface area contributed by atoms with E-state index < -0.39 is 45.6 Å². The number of rotatable bonds is 9. The van der Waals surface area contributed by atoms with Gasteiger partial charge < -0.3 is 14.8 Å². The summed E-state index contributed by atoms with van der Waals surface area (Å²) in [5, 5.41) is 2.26. The fourth-order valence-corrected chi connectivity index (χ4v) is 3.09. The van der Waals surface area contributed by atoms with Gasteiger partial charge in [0.2, 0.25) is 0 Å². The molecule has 0 radical (unpaired) electrons. The molecule has 0 unspecified atom stereocenters. The second-order valence-corrected chi connectivity index (χ2v) is 9.57. The Hall–Kier alpha value is -1.58. The van der Waals surface area contributed by atoms with E-state index in [1.807, 2.05) is 0 Å². The normalized spacial score (nSPS) is 16.3. The minimum absolute atomic E-state index is 0.0359. The van der Waals surface area contributed by atoms with Crippen LogP contribution < -0.4 is 5.32 Å². The molecule has 0 heterocycles. The molecule has 0 aliphatic heterocycles. The van der Waals surface area contributed by atoms with Gasteiger partial charge in [-0.3, -0.25) is 4.79 Å². The summed E-state index contributed by atoms with van der Waals surface area (Å²) in [5.41, 5.74) is 0.263. The highest BCUT2D eigenvalue weighted by Crippen LogP contribution is 2.30. The number of carbonyl (C=O) groups excluding carboxylic acids is 2. The zero-order valence-corrected chi connectivity index (χ0v) is 17.3. The third-order valence-electron chi connectivity index (χ3n) is 4.05. The van der Waals surface area contributed by atoms with Crippen LogP contribution in [0.4, 0.5) is 9.18 Å². The molecule has 11 heteroatoms. The molecule has 0 saturated heterocycles. The van der Waals surface area contributed by atoms with E-state index in [0.717, 1.165) is 19.1 Å². The van der Waals surface area contributed by atoms with Gasteiger partial charge in [-0.25, -0.2) is 17.6 Å². The van der Waals surface area contributed by atoms with E-state index in [2.05, 4.69) is 5.32 Å². The van der Waals surface area contributed by atoms with Crippen LogP contribution in [0.5, 0.6) is 0 Å². The fraction of sp³-hybridized carbons (Fsp3) is 0.529. The summed E-state index contributed by atoms with van der Waals surface area (Å²) >= 11 is 11.0. The monoisotopic (exact) mass is 455 g/mol. The molecule has 1 aliphatic carbocycles. The summed E-state index contributed by atoms with van der Waals surface area (Å²) in [4.78, 5) is 22.3. The summed E-state index contributed by atoms with van der Waals surface area (Å²) in [6.07, 6.45) is 0.655. The SMILES string of the molecule is CS(=O)(=O)c1ccc([C@@H](OC(=O)OCC2CC2)[C@@H](CF)NC(=O)C(Cl)Cl)cc1. The first-order valence-electron chi connectivity index (χ1n) is 8.39. The van der Waals surface area contributed by atoms with Gasteiger partial charge in [0.05, 0.1) is 17.5 Å². The van der Waals surface area contributed by atoms with E-state index in [1.54, 1.807) is 0 Å². The van der Waals surface area contributed by atoms with Gasteiger partial charge >= 0.3 is 6.16 Å². The first-order valence-corrected chi connectivity index (χ1v) is 11.2. The molecule has 1 aromatic rings. The lowest BCUT2D eigenvalue weighted by molar-refractivity contribution is -0.121. The van der Waals surface area contributed by atoms with Crippen molar-refractivity contribution < 1.29 is 31.9 Å². The molecule has 1 N–H and O–H groups in total. The third kappa shape index (κ3) is 6.79. The van der Waals surface area contributed by atoms with Crippen LogP contribution in [0.1, 0.15) is 24.5 Å². The van der Waals surface area contributed by atoms with Gasteiger partial charge in [-0.2, -0.15) is 0 Å². The zero-order chi connectivity index (χ0) is 20.9. The van der Waals surface area contributed by atoms with Crippen LogP contribution in [0.2, 0.25) is 0 Å². The zero-order valence-electron chi connectivity index (χ0n) is 14.9. The first-order chi connectivity index (χ1) is 13.1. The highest BCUT2D eigenvalue weighted by atomic mass is 35.5. The van der Waals surface area contributed by atoms with Gasteiger partial charge in [-0.1, -0.05) is 35.3 Å². The van der Waals surface area contributed by atoms with E-state index in [9.17, 15) is 22.4 Å². The quantitative estimate of drug-likeness (QED) is 0.453. The number of ether oxygens (including phenoxy) is 2. The minimum atomic E-state index is -3.45. The Kier molecular flexibility index (Phi) is 7.91. The maximum Gasteiger partial charge on any atom is 0.508 e. The molecule has 7 nitrogen and oxygen atoms in total. The van der Waals surface area contributed by atoms with E-state index in [4.69, 9.17) is 32.7 Å². The van der Waals surface area contributed by atoms with Crippen molar-refractivity contribution in [2.75, 3.05) is 19.5 Å². The molecule has 1 aliphatic rings. The van der Waals surface area contributed by atoms with Crippen molar-refractivity contribution in [3.63, 3.8) is 0 Å². The average molecular weight is 456 g/mol. The molecule has 0 aromatic heterocycles. The summed E-state index contributed by atoms with van der Waals surface area (Å²) in [6, 6.07) is 4.01. The summed E-state index contributed by atoms with van der Waals surface area (Å²) in [5.74, 6) is -0.566. The topological polar surface area (TPSA) is 98.8 Å². The van der Waals surface area contributed by atoms with Crippen molar-refractivity contribution in [3.05, 3.63) is 29.8 Å². The highest BCUT2D eigenvalue weighted by Gasteiger charge is 2.32. The molecule has 2 rings (SSSR count). The van der Waals surface area contributed by atoms with Crippen LogP contribution >= 0.6 is 23.2 Å². The van der Waals surface area contributed by atoms with Crippen molar-refractivity contribution in [3.8, 4) is 0 Å². The van der Waals surface area contributed by atoms with Gasteiger partial charge in [0, 0.05) is 6.26 Å². The van der Waals surface area contributed by atoms with Gasteiger partial charge in [-0.05, 0) is 36.5 Å². The second kappa shape index (κ2) is 9.76. The molecule has 1 saturated carbocycles. The fourth-order valence-electron chi connectivity index (χ4n) is 2.34. The third-order valence-corrected chi connectivity index (χ3v) is 5.58. The molecule has 0 bridgehead atoms. The van der Waals surface area contributed by atoms with Crippen LogP contribution in [0.25, 0.3) is 0 Å². The predicted molar refractivity (Wildman–Crippen MR) is 101 cm³/mol. The number of hydrogen-bond acceptors (Lipinski definition) is 6. The van der Waals surface area contributed by atoms with Crippen LogP contribution in [0.15, 0.2) is 29.2 Å². The summed E-state index contributed by atoms with van der Waals surface area (Å²) < 4.78 is 47.1. The lowest BCUT2D eigenvalue weighted by Crippen LogP contribution is -2.44. The van der Waals surface area contributed by atoms with E-state index in [0.29, 0.717) is 5.92 Å². The lowest BCUT2D eigenvalue weighted by atomic mass is 10.0. The Morgan fingerprint density at radius 2 is 1.86 bits per heavy atom. The predicted octanol–water partition coefficient (Wildman–Crippen LogP) is 2.95. The summed E-state index contributed by atoms with van der Waals surface area (Å²) in [6.45, 7) is -0.905. The Bertz CT molecular complexity index is 798. The molecule has 2 atom stereocenters. The number of carbonyl (C=O) groups is 2. The Balaban J connectivity index is 2.22. The van der Waals surface area contributed by atoms with Gasteiger partial charge in [0.25, 0.3) is 5.91 Å². The summed E-state index contributed by atoms with van der Waals surface area (Å²) in [7, 11) is -3.45. The average Bonchev–Trinajstić information content (AvgIpc) is 3.46. The van der Waals surface area contributed by atoms with Crippen LogP contribution in [0, 0.1) is 5.92 Å². The molecule has 1 amide bonds. The molecular weight excluding hydrogens is 436 g/mol. The molecule has 28 heavy (non-hydrogen) atoms. The number of sulfone groups is 1.